The summed E-state index contributed by atoms with van der Waals surface area (Å²) < 4.78 is 10.6. The first-order chi connectivity index (χ1) is 11.6. The maximum atomic E-state index is 12.0. The lowest BCUT2D eigenvalue weighted by Crippen LogP contribution is -2.20. The van der Waals surface area contributed by atoms with Gasteiger partial charge in [-0.15, -0.1) is 10.2 Å². The van der Waals surface area contributed by atoms with Gasteiger partial charge in [-0.2, -0.15) is 0 Å². The molecule has 0 unspecified atom stereocenters. The number of benzene rings is 2. The largest absolute Gasteiger partial charge is 0.484 e. The summed E-state index contributed by atoms with van der Waals surface area (Å²) in [5.74, 6) is 0.763. The van der Waals surface area contributed by atoms with Crippen molar-refractivity contribution in [1.82, 2.24) is 10.2 Å². The molecule has 122 valence electrons. The van der Waals surface area contributed by atoms with Crippen molar-refractivity contribution in [1.29, 1.82) is 0 Å². The molecular weight excluding hydrogens is 330 g/mol. The molecule has 2 aromatic carbocycles. The molecule has 0 spiro atoms. The van der Waals surface area contributed by atoms with Crippen LogP contribution >= 0.6 is 11.6 Å². The molecule has 0 aliphatic heterocycles. The number of nitrogens with zero attached hydrogens (tertiary/aromatic N) is 2. The lowest BCUT2D eigenvalue weighted by Gasteiger charge is -2.10. The van der Waals surface area contributed by atoms with E-state index in [1.807, 2.05) is 13.0 Å². The topological polar surface area (TPSA) is 77.3 Å². The van der Waals surface area contributed by atoms with Gasteiger partial charge in [-0.25, -0.2) is 0 Å². The van der Waals surface area contributed by atoms with E-state index in [-0.39, 0.29) is 12.5 Å². The summed E-state index contributed by atoms with van der Waals surface area (Å²) in [6.07, 6.45) is 1.27. The van der Waals surface area contributed by atoms with Crippen LogP contribution in [0.15, 0.2) is 53.3 Å². The zero-order valence-corrected chi connectivity index (χ0v) is 13.6. The molecule has 0 aliphatic rings. The van der Waals surface area contributed by atoms with E-state index >= 15 is 0 Å². The smallest absolute Gasteiger partial charge is 0.262 e. The van der Waals surface area contributed by atoms with Gasteiger partial charge in [0.1, 0.15) is 5.75 Å². The number of aryl methyl sites for hydroxylation is 1. The Morgan fingerprint density at radius 3 is 2.71 bits per heavy atom. The fourth-order valence-electron chi connectivity index (χ4n) is 2.10. The van der Waals surface area contributed by atoms with E-state index in [1.54, 1.807) is 36.4 Å². The number of aromatic nitrogens is 2. The van der Waals surface area contributed by atoms with Gasteiger partial charge in [0.2, 0.25) is 12.3 Å². The molecule has 24 heavy (non-hydrogen) atoms. The number of rotatable bonds is 5. The number of amides is 1. The van der Waals surface area contributed by atoms with Gasteiger partial charge in [-0.1, -0.05) is 11.6 Å². The van der Waals surface area contributed by atoms with E-state index < -0.39 is 0 Å². The monoisotopic (exact) mass is 343 g/mol. The van der Waals surface area contributed by atoms with Gasteiger partial charge in [0, 0.05) is 16.3 Å². The van der Waals surface area contributed by atoms with Crippen molar-refractivity contribution >= 4 is 23.2 Å². The Morgan fingerprint density at radius 2 is 2.04 bits per heavy atom. The Morgan fingerprint density at radius 1 is 1.25 bits per heavy atom. The standard InChI is InChI=1S/C17H14ClN3O3/c1-11-8-12(17-21-19-10-24-17)2-7-15(11)20-16(22)9-23-14-5-3-13(18)4-6-14/h2-8,10H,9H2,1H3,(H,20,22). The maximum Gasteiger partial charge on any atom is 0.262 e. The van der Waals surface area contributed by atoms with E-state index in [0.29, 0.717) is 22.4 Å². The minimum atomic E-state index is -0.251. The Balaban J connectivity index is 1.61. The summed E-state index contributed by atoms with van der Waals surface area (Å²) >= 11 is 5.80. The van der Waals surface area contributed by atoms with E-state index in [2.05, 4.69) is 15.5 Å². The van der Waals surface area contributed by atoms with E-state index in [1.165, 1.54) is 6.39 Å². The first-order valence-corrected chi connectivity index (χ1v) is 7.55. The van der Waals surface area contributed by atoms with Crippen molar-refractivity contribution in [3.8, 4) is 17.2 Å². The summed E-state index contributed by atoms with van der Waals surface area (Å²) in [5.41, 5.74) is 2.37. The van der Waals surface area contributed by atoms with Gasteiger partial charge in [0.05, 0.1) is 0 Å². The van der Waals surface area contributed by atoms with Crippen LogP contribution in [0.25, 0.3) is 11.5 Å². The van der Waals surface area contributed by atoms with E-state index in [4.69, 9.17) is 20.8 Å². The van der Waals surface area contributed by atoms with Crippen molar-refractivity contribution in [2.24, 2.45) is 0 Å². The molecule has 3 rings (SSSR count). The van der Waals surface area contributed by atoms with Crippen LogP contribution in [-0.4, -0.2) is 22.7 Å². The predicted molar refractivity (Wildman–Crippen MR) is 90.0 cm³/mol. The molecule has 0 atom stereocenters. The average molecular weight is 344 g/mol. The molecule has 6 nitrogen and oxygen atoms in total. The number of carbonyl (C=O) groups is 1. The maximum absolute atomic E-state index is 12.0. The lowest BCUT2D eigenvalue weighted by atomic mass is 10.1. The Bertz CT molecular complexity index is 833. The van der Waals surface area contributed by atoms with Gasteiger partial charge in [0.25, 0.3) is 5.91 Å². The summed E-state index contributed by atoms with van der Waals surface area (Å²) in [6.45, 7) is 1.79. The predicted octanol–water partition coefficient (Wildman–Crippen LogP) is 3.72. The molecule has 0 saturated heterocycles. The SMILES string of the molecule is Cc1cc(-c2nnco2)ccc1NC(=O)COc1ccc(Cl)cc1. The van der Waals surface area contributed by atoms with Gasteiger partial charge in [0.15, 0.2) is 6.61 Å². The van der Waals surface area contributed by atoms with Gasteiger partial charge in [-0.05, 0) is 55.0 Å². The summed E-state index contributed by atoms with van der Waals surface area (Å²) in [6, 6.07) is 12.3. The number of carbonyl (C=O) groups excluding carboxylic acids is 1. The van der Waals surface area contributed by atoms with Crippen LogP contribution in [0.3, 0.4) is 0 Å². The number of nitrogens with one attached hydrogen (secondary N) is 1. The molecule has 0 radical (unpaired) electrons. The van der Waals surface area contributed by atoms with Crippen molar-refractivity contribution in [3.63, 3.8) is 0 Å². The minimum absolute atomic E-state index is 0.0908. The number of anilines is 1. The van der Waals surface area contributed by atoms with Gasteiger partial charge < -0.3 is 14.5 Å². The fraction of sp³-hybridized carbons (Fsp3) is 0.118. The van der Waals surface area contributed by atoms with E-state index in [9.17, 15) is 4.79 Å². The molecule has 1 amide bonds. The summed E-state index contributed by atoms with van der Waals surface area (Å²) in [4.78, 5) is 12.0. The molecule has 1 N–H and O–H groups in total. The van der Waals surface area contributed by atoms with Crippen molar-refractivity contribution in [2.75, 3.05) is 11.9 Å². The number of halogens is 1. The Hall–Kier alpha value is -2.86. The van der Waals surface area contributed by atoms with Crippen LogP contribution in [0.1, 0.15) is 5.56 Å². The van der Waals surface area contributed by atoms with Crippen LogP contribution in [0.5, 0.6) is 5.75 Å². The molecular formula is C17H14ClN3O3. The highest BCUT2D eigenvalue weighted by molar-refractivity contribution is 6.30. The van der Waals surface area contributed by atoms with Crippen molar-refractivity contribution in [2.45, 2.75) is 6.92 Å². The summed E-state index contributed by atoms with van der Waals surface area (Å²) in [7, 11) is 0. The lowest BCUT2D eigenvalue weighted by molar-refractivity contribution is -0.118. The van der Waals surface area contributed by atoms with Crippen LogP contribution < -0.4 is 10.1 Å². The zero-order valence-electron chi connectivity index (χ0n) is 12.8. The third kappa shape index (κ3) is 3.91. The van der Waals surface area contributed by atoms with Crippen LogP contribution in [0.4, 0.5) is 5.69 Å². The van der Waals surface area contributed by atoms with Crippen LogP contribution in [0.2, 0.25) is 5.02 Å². The fourth-order valence-corrected chi connectivity index (χ4v) is 2.23. The normalized spacial score (nSPS) is 10.4. The molecule has 0 aliphatic carbocycles. The minimum Gasteiger partial charge on any atom is -0.484 e. The second-order valence-corrected chi connectivity index (χ2v) is 5.50. The van der Waals surface area contributed by atoms with Crippen molar-refractivity contribution in [3.05, 3.63) is 59.4 Å². The third-order valence-corrected chi connectivity index (χ3v) is 3.54. The van der Waals surface area contributed by atoms with Gasteiger partial charge in [-0.3, -0.25) is 4.79 Å². The molecule has 0 bridgehead atoms. The molecule has 1 aromatic heterocycles. The van der Waals surface area contributed by atoms with Crippen LogP contribution in [0, 0.1) is 6.92 Å². The number of ether oxygens (including phenoxy) is 1. The molecule has 3 aromatic rings. The van der Waals surface area contributed by atoms with Crippen LogP contribution in [-0.2, 0) is 4.79 Å². The number of hydrogen-bond donors (Lipinski definition) is 1. The third-order valence-electron chi connectivity index (χ3n) is 3.29. The first kappa shape index (κ1) is 16.0. The number of hydrogen-bond acceptors (Lipinski definition) is 5. The zero-order chi connectivity index (χ0) is 16.9. The highest BCUT2D eigenvalue weighted by atomic mass is 35.5. The Labute approximate surface area is 143 Å². The van der Waals surface area contributed by atoms with Gasteiger partial charge >= 0.3 is 0 Å². The van der Waals surface area contributed by atoms with E-state index in [0.717, 1.165) is 11.1 Å². The first-order valence-electron chi connectivity index (χ1n) is 7.17. The summed E-state index contributed by atoms with van der Waals surface area (Å²) in [5, 5.41) is 10.9. The highest BCUT2D eigenvalue weighted by Crippen LogP contribution is 2.23. The molecule has 0 saturated carbocycles. The second-order valence-electron chi connectivity index (χ2n) is 5.06. The Kier molecular flexibility index (Phi) is 4.77. The molecule has 1 heterocycles. The average Bonchev–Trinajstić information content (AvgIpc) is 3.11. The second kappa shape index (κ2) is 7.14. The quantitative estimate of drug-likeness (QED) is 0.764. The molecule has 0 fully saturated rings. The highest BCUT2D eigenvalue weighted by Gasteiger charge is 2.09. The molecule has 7 heteroatoms. The van der Waals surface area contributed by atoms with Crippen molar-refractivity contribution < 1.29 is 13.9 Å².